The van der Waals surface area contributed by atoms with Crippen LogP contribution in [0.4, 0.5) is 0 Å². The molecule has 0 aromatic rings. The maximum absolute atomic E-state index is 12.7. The number of allylic oxidation sites excluding steroid dienone is 2. The molecule has 0 saturated carbocycles. The van der Waals surface area contributed by atoms with E-state index < -0.39 is 6.10 Å². The molecule has 0 rings (SSSR count). The highest BCUT2D eigenvalue weighted by atomic mass is 16.6. The average Bonchev–Trinajstić information content (AvgIpc) is 3.28. The van der Waals surface area contributed by atoms with Crippen LogP contribution in [0.1, 0.15) is 316 Å². The van der Waals surface area contributed by atoms with E-state index in [1.807, 2.05) is 0 Å². The molecule has 0 radical (unpaired) electrons. The first-order chi connectivity index (χ1) is 31.0. The lowest BCUT2D eigenvalue weighted by atomic mass is 10.0. The number of rotatable bonds is 52. The molecule has 1 unspecified atom stereocenters. The van der Waals surface area contributed by atoms with Gasteiger partial charge < -0.3 is 14.2 Å². The summed E-state index contributed by atoms with van der Waals surface area (Å²) in [5.41, 5.74) is 0. The number of hydrogen-bond donors (Lipinski definition) is 0. The van der Waals surface area contributed by atoms with E-state index in [1.54, 1.807) is 0 Å². The van der Waals surface area contributed by atoms with Crippen molar-refractivity contribution in [3.05, 3.63) is 12.2 Å². The third kappa shape index (κ3) is 51.0. The summed E-state index contributed by atoms with van der Waals surface area (Å²) in [6.07, 6.45) is 59.9. The van der Waals surface area contributed by atoms with Crippen molar-refractivity contribution in [2.24, 2.45) is 0 Å². The molecular weight excluding hydrogens is 781 g/mol. The first-order valence-electron chi connectivity index (χ1n) is 28.2. The number of esters is 3. The van der Waals surface area contributed by atoms with Gasteiger partial charge in [0.05, 0.1) is 0 Å². The van der Waals surface area contributed by atoms with Gasteiger partial charge >= 0.3 is 17.9 Å². The lowest BCUT2D eigenvalue weighted by molar-refractivity contribution is -0.167. The molecule has 0 bridgehead atoms. The molecule has 6 heteroatoms. The summed E-state index contributed by atoms with van der Waals surface area (Å²) >= 11 is 0. The minimum atomic E-state index is -0.765. The van der Waals surface area contributed by atoms with E-state index in [4.69, 9.17) is 14.2 Å². The Balaban J connectivity index is 3.91. The van der Waals surface area contributed by atoms with Crippen LogP contribution in [0.5, 0.6) is 0 Å². The van der Waals surface area contributed by atoms with Crippen LogP contribution in [0.2, 0.25) is 0 Å². The number of unbranched alkanes of at least 4 members (excludes halogenated alkanes) is 39. The fourth-order valence-electron chi connectivity index (χ4n) is 8.50. The van der Waals surface area contributed by atoms with Gasteiger partial charge in [-0.15, -0.1) is 0 Å². The van der Waals surface area contributed by atoms with E-state index in [9.17, 15) is 14.4 Å². The minimum absolute atomic E-state index is 0.0696. The summed E-state index contributed by atoms with van der Waals surface area (Å²) < 4.78 is 16.7. The van der Waals surface area contributed by atoms with Crippen molar-refractivity contribution in [1.29, 1.82) is 0 Å². The fraction of sp³-hybridized carbons (Fsp3) is 0.912. The van der Waals surface area contributed by atoms with E-state index in [0.29, 0.717) is 19.3 Å². The van der Waals surface area contributed by atoms with E-state index in [0.717, 1.165) is 70.6 Å². The van der Waals surface area contributed by atoms with Crippen LogP contribution < -0.4 is 0 Å². The molecule has 0 aromatic heterocycles. The van der Waals surface area contributed by atoms with Crippen LogP contribution in [0.25, 0.3) is 0 Å². The van der Waals surface area contributed by atoms with Gasteiger partial charge in [-0.3, -0.25) is 14.4 Å². The molecule has 0 saturated heterocycles. The number of carbonyl (C=O) groups is 3. The summed E-state index contributed by atoms with van der Waals surface area (Å²) in [6.45, 7) is 6.56. The van der Waals surface area contributed by atoms with E-state index in [-0.39, 0.29) is 31.1 Å². The van der Waals surface area contributed by atoms with Crippen molar-refractivity contribution >= 4 is 17.9 Å². The Morgan fingerprint density at radius 2 is 0.524 bits per heavy atom. The van der Waals surface area contributed by atoms with Crippen molar-refractivity contribution in [3.8, 4) is 0 Å². The molecule has 6 nitrogen and oxygen atoms in total. The molecule has 0 aliphatic rings. The van der Waals surface area contributed by atoms with E-state index in [2.05, 4.69) is 32.9 Å². The Labute approximate surface area is 392 Å². The summed E-state index contributed by atoms with van der Waals surface area (Å²) in [4.78, 5) is 37.6. The van der Waals surface area contributed by atoms with Crippen LogP contribution in [-0.4, -0.2) is 37.2 Å². The monoisotopic (exact) mass is 889 g/mol. The Kier molecular flexibility index (Phi) is 51.2. The molecule has 372 valence electrons. The van der Waals surface area contributed by atoms with Gasteiger partial charge in [0.25, 0.3) is 0 Å². The van der Waals surface area contributed by atoms with Crippen LogP contribution in [0.15, 0.2) is 12.2 Å². The minimum Gasteiger partial charge on any atom is -0.462 e. The highest BCUT2D eigenvalue weighted by Crippen LogP contribution is 2.17. The van der Waals surface area contributed by atoms with E-state index in [1.165, 1.54) is 205 Å². The van der Waals surface area contributed by atoms with Crippen molar-refractivity contribution in [2.75, 3.05) is 13.2 Å². The Morgan fingerprint density at radius 1 is 0.302 bits per heavy atom. The van der Waals surface area contributed by atoms with Crippen LogP contribution in [-0.2, 0) is 28.6 Å². The van der Waals surface area contributed by atoms with Crippen molar-refractivity contribution in [2.45, 2.75) is 322 Å². The molecule has 0 aliphatic heterocycles. The second kappa shape index (κ2) is 52.8. The lowest BCUT2D eigenvalue weighted by Gasteiger charge is -2.18. The molecule has 1 atom stereocenters. The number of carbonyl (C=O) groups excluding carboxylic acids is 3. The predicted molar refractivity (Wildman–Crippen MR) is 270 cm³/mol. The highest BCUT2D eigenvalue weighted by molar-refractivity contribution is 5.71. The zero-order chi connectivity index (χ0) is 45.8. The molecule has 0 aliphatic carbocycles. The maximum Gasteiger partial charge on any atom is 0.306 e. The molecule has 0 fully saturated rings. The fourth-order valence-corrected chi connectivity index (χ4v) is 8.50. The van der Waals surface area contributed by atoms with Crippen molar-refractivity contribution < 1.29 is 28.6 Å². The normalized spacial score (nSPS) is 12.0. The van der Waals surface area contributed by atoms with Crippen molar-refractivity contribution in [1.82, 2.24) is 0 Å². The topological polar surface area (TPSA) is 78.9 Å². The van der Waals surface area contributed by atoms with Gasteiger partial charge in [0, 0.05) is 19.3 Å². The van der Waals surface area contributed by atoms with Gasteiger partial charge in [-0.25, -0.2) is 0 Å². The Hall–Kier alpha value is -1.85. The van der Waals surface area contributed by atoms with Gasteiger partial charge in [0.2, 0.25) is 0 Å². The van der Waals surface area contributed by atoms with E-state index >= 15 is 0 Å². The first-order valence-corrected chi connectivity index (χ1v) is 28.2. The summed E-state index contributed by atoms with van der Waals surface area (Å²) in [6, 6.07) is 0. The van der Waals surface area contributed by atoms with Gasteiger partial charge in [-0.2, -0.15) is 0 Å². The highest BCUT2D eigenvalue weighted by Gasteiger charge is 2.19. The third-order valence-corrected chi connectivity index (χ3v) is 12.8. The second-order valence-corrected chi connectivity index (χ2v) is 19.2. The van der Waals surface area contributed by atoms with Crippen LogP contribution >= 0.6 is 0 Å². The standard InChI is InChI=1S/C57H108O6/c1-4-7-10-13-15-17-19-21-22-23-24-25-26-27-28-29-30-31-32-33-34-35-36-38-39-41-44-47-50-56(59)62-53-54(52-61-55(58)49-46-43-12-9-6-3)63-57(60)51-48-45-42-40-37-20-18-16-14-11-8-5-2/h16,18,54H,4-15,17,19-53H2,1-3H3/b18-16-. The van der Waals surface area contributed by atoms with Crippen molar-refractivity contribution in [3.63, 3.8) is 0 Å². The zero-order valence-corrected chi connectivity index (χ0v) is 42.6. The molecule has 0 amide bonds. The molecule has 0 heterocycles. The zero-order valence-electron chi connectivity index (χ0n) is 42.6. The quantitative estimate of drug-likeness (QED) is 0.0262. The molecule has 0 spiro atoms. The second-order valence-electron chi connectivity index (χ2n) is 19.2. The predicted octanol–water partition coefficient (Wildman–Crippen LogP) is 18.5. The largest absolute Gasteiger partial charge is 0.462 e. The summed E-state index contributed by atoms with van der Waals surface area (Å²) in [5.74, 6) is -0.878. The number of hydrogen-bond acceptors (Lipinski definition) is 6. The van der Waals surface area contributed by atoms with Gasteiger partial charge in [-0.1, -0.05) is 264 Å². The SMILES string of the molecule is CCCCC/C=C\CCCCCCCC(=O)OC(COC(=O)CCCCCCC)COC(=O)CCCCCCCCCCCCCCCCCCCCCCCCCCCCCC. The molecule has 0 aromatic carbocycles. The summed E-state index contributed by atoms with van der Waals surface area (Å²) in [7, 11) is 0. The van der Waals surface area contributed by atoms with Gasteiger partial charge in [-0.05, 0) is 44.9 Å². The molecule has 63 heavy (non-hydrogen) atoms. The Morgan fingerprint density at radius 3 is 0.825 bits per heavy atom. The summed E-state index contributed by atoms with van der Waals surface area (Å²) in [5, 5.41) is 0. The third-order valence-electron chi connectivity index (χ3n) is 12.8. The molecular formula is C57H108O6. The van der Waals surface area contributed by atoms with Gasteiger partial charge in [0.15, 0.2) is 6.10 Å². The van der Waals surface area contributed by atoms with Gasteiger partial charge in [0.1, 0.15) is 13.2 Å². The first kappa shape index (κ1) is 61.1. The Bertz CT molecular complexity index is 978. The maximum atomic E-state index is 12.7. The average molecular weight is 889 g/mol. The van der Waals surface area contributed by atoms with Crippen LogP contribution in [0, 0.1) is 0 Å². The number of ether oxygens (including phenoxy) is 3. The molecule has 0 N–H and O–H groups in total. The smallest absolute Gasteiger partial charge is 0.306 e. The van der Waals surface area contributed by atoms with Crippen LogP contribution in [0.3, 0.4) is 0 Å². The lowest BCUT2D eigenvalue weighted by Crippen LogP contribution is -2.30.